The lowest BCUT2D eigenvalue weighted by molar-refractivity contribution is 0.0368. The lowest BCUT2D eigenvalue weighted by Crippen LogP contribution is -2.21. The van der Waals surface area contributed by atoms with Gasteiger partial charge in [0.1, 0.15) is 11.5 Å². The SMILES string of the molecule is Cc1ccc(C2=NOC(C)(/C=C/c3cc(-c4ccc(F)cc4)no3)C2)cc1. The zero-order chi connectivity index (χ0) is 18.9. The second kappa shape index (κ2) is 6.83. The average Bonchev–Trinajstić information content (AvgIpc) is 3.29. The molecule has 5 heteroatoms. The molecule has 1 aliphatic rings. The summed E-state index contributed by atoms with van der Waals surface area (Å²) in [6, 6.07) is 16.2. The van der Waals surface area contributed by atoms with Crippen LogP contribution >= 0.6 is 0 Å². The fraction of sp³-hybridized carbons (Fsp3) is 0.182. The summed E-state index contributed by atoms with van der Waals surface area (Å²) in [5, 5.41) is 8.28. The van der Waals surface area contributed by atoms with Crippen LogP contribution in [0.3, 0.4) is 0 Å². The van der Waals surface area contributed by atoms with Gasteiger partial charge in [-0.25, -0.2) is 4.39 Å². The highest BCUT2D eigenvalue weighted by molar-refractivity contribution is 6.01. The van der Waals surface area contributed by atoms with Crippen molar-refractivity contribution in [3.8, 4) is 11.3 Å². The number of hydrogen-bond acceptors (Lipinski definition) is 4. The van der Waals surface area contributed by atoms with Crippen LogP contribution in [0, 0.1) is 12.7 Å². The van der Waals surface area contributed by atoms with Crippen LogP contribution in [0.15, 0.2) is 70.4 Å². The highest BCUT2D eigenvalue weighted by Crippen LogP contribution is 2.29. The van der Waals surface area contributed by atoms with Crippen LogP contribution in [0.1, 0.15) is 30.2 Å². The van der Waals surface area contributed by atoms with Gasteiger partial charge in [0.25, 0.3) is 0 Å². The normalized spacial score (nSPS) is 19.3. The third-order valence-electron chi connectivity index (χ3n) is 4.54. The first-order valence-electron chi connectivity index (χ1n) is 8.75. The quantitative estimate of drug-likeness (QED) is 0.625. The largest absolute Gasteiger partial charge is 0.385 e. The van der Waals surface area contributed by atoms with Crippen molar-refractivity contribution in [1.29, 1.82) is 0 Å². The molecule has 1 atom stereocenters. The first-order chi connectivity index (χ1) is 13.0. The van der Waals surface area contributed by atoms with E-state index in [9.17, 15) is 4.39 Å². The van der Waals surface area contributed by atoms with Gasteiger partial charge < -0.3 is 9.36 Å². The molecular formula is C22H19FN2O2. The molecule has 0 amide bonds. The maximum absolute atomic E-state index is 13.0. The molecule has 0 fully saturated rings. The molecule has 4 nitrogen and oxygen atoms in total. The Hall–Kier alpha value is -3.21. The number of rotatable bonds is 4. The van der Waals surface area contributed by atoms with E-state index in [-0.39, 0.29) is 5.82 Å². The molecule has 3 aromatic rings. The minimum Gasteiger partial charge on any atom is -0.385 e. The number of halogens is 1. The highest BCUT2D eigenvalue weighted by atomic mass is 19.1. The fourth-order valence-electron chi connectivity index (χ4n) is 2.93. The van der Waals surface area contributed by atoms with Gasteiger partial charge in [0.2, 0.25) is 0 Å². The predicted molar refractivity (Wildman–Crippen MR) is 103 cm³/mol. The Morgan fingerprint density at radius 3 is 2.48 bits per heavy atom. The Labute approximate surface area is 156 Å². The van der Waals surface area contributed by atoms with Crippen LogP contribution in [-0.4, -0.2) is 16.5 Å². The first-order valence-corrected chi connectivity index (χ1v) is 8.75. The third kappa shape index (κ3) is 3.82. The van der Waals surface area contributed by atoms with Gasteiger partial charge in [-0.1, -0.05) is 40.1 Å². The van der Waals surface area contributed by atoms with Gasteiger partial charge in [0.15, 0.2) is 11.4 Å². The molecule has 2 heterocycles. The van der Waals surface area contributed by atoms with Gasteiger partial charge in [0, 0.05) is 18.1 Å². The van der Waals surface area contributed by atoms with E-state index in [0.717, 1.165) is 16.8 Å². The van der Waals surface area contributed by atoms with Crippen molar-refractivity contribution < 1.29 is 13.8 Å². The van der Waals surface area contributed by atoms with E-state index in [4.69, 9.17) is 9.36 Å². The lowest BCUT2D eigenvalue weighted by atomic mass is 9.95. The molecule has 0 N–H and O–H groups in total. The van der Waals surface area contributed by atoms with Crippen LogP contribution < -0.4 is 0 Å². The van der Waals surface area contributed by atoms with Crippen LogP contribution in [0.5, 0.6) is 0 Å². The summed E-state index contributed by atoms with van der Waals surface area (Å²) < 4.78 is 18.4. The molecule has 2 aromatic carbocycles. The van der Waals surface area contributed by atoms with Crippen molar-refractivity contribution >= 4 is 11.8 Å². The lowest BCUT2D eigenvalue weighted by Gasteiger charge is -2.15. The molecule has 0 saturated heterocycles. The van der Waals surface area contributed by atoms with Gasteiger partial charge in [-0.2, -0.15) is 0 Å². The molecule has 1 aromatic heterocycles. The van der Waals surface area contributed by atoms with Gasteiger partial charge >= 0.3 is 0 Å². The molecule has 0 spiro atoms. The summed E-state index contributed by atoms with van der Waals surface area (Å²) in [4.78, 5) is 5.66. The molecule has 27 heavy (non-hydrogen) atoms. The van der Waals surface area contributed by atoms with Gasteiger partial charge in [-0.15, -0.1) is 0 Å². The minimum absolute atomic E-state index is 0.280. The average molecular weight is 362 g/mol. The smallest absolute Gasteiger partial charge is 0.160 e. The Morgan fingerprint density at radius 1 is 1.04 bits per heavy atom. The maximum Gasteiger partial charge on any atom is 0.160 e. The van der Waals surface area contributed by atoms with Gasteiger partial charge in [0.05, 0.1) is 5.71 Å². The van der Waals surface area contributed by atoms with Crippen molar-refractivity contribution in [2.75, 3.05) is 0 Å². The second-order valence-corrected chi connectivity index (χ2v) is 6.94. The molecule has 136 valence electrons. The Kier molecular flexibility index (Phi) is 4.36. The molecule has 4 rings (SSSR count). The van der Waals surface area contributed by atoms with Crippen LogP contribution in [0.4, 0.5) is 4.39 Å². The zero-order valence-corrected chi connectivity index (χ0v) is 15.1. The standard InChI is InChI=1S/C22H19FN2O2/c1-15-3-5-17(6-4-15)21-14-22(2,27-25-21)12-11-19-13-20(24-26-19)16-7-9-18(23)10-8-16/h3-13H,14H2,1-2H3/b12-11+. The van der Waals surface area contributed by atoms with Crippen LogP contribution in [-0.2, 0) is 4.84 Å². The van der Waals surface area contributed by atoms with Crippen molar-refractivity contribution in [3.63, 3.8) is 0 Å². The van der Waals surface area contributed by atoms with E-state index in [1.54, 1.807) is 12.1 Å². The van der Waals surface area contributed by atoms with Crippen molar-refractivity contribution in [1.82, 2.24) is 5.16 Å². The molecular weight excluding hydrogens is 343 g/mol. The summed E-state index contributed by atoms with van der Waals surface area (Å²) in [6.07, 6.45) is 4.42. The molecule has 0 radical (unpaired) electrons. The summed E-state index contributed by atoms with van der Waals surface area (Å²) in [5.41, 5.74) is 4.12. The Balaban J connectivity index is 1.45. The van der Waals surface area contributed by atoms with E-state index in [2.05, 4.69) is 41.5 Å². The van der Waals surface area contributed by atoms with E-state index >= 15 is 0 Å². The van der Waals surface area contributed by atoms with Crippen molar-refractivity contribution in [2.24, 2.45) is 5.16 Å². The molecule has 1 unspecified atom stereocenters. The van der Waals surface area contributed by atoms with Crippen molar-refractivity contribution in [2.45, 2.75) is 25.9 Å². The predicted octanol–water partition coefficient (Wildman–Crippen LogP) is 5.39. The topological polar surface area (TPSA) is 47.6 Å². The Morgan fingerprint density at radius 2 is 1.74 bits per heavy atom. The van der Waals surface area contributed by atoms with Crippen molar-refractivity contribution in [3.05, 3.63) is 83.4 Å². The summed E-state index contributed by atoms with van der Waals surface area (Å²) in [5.74, 6) is 0.320. The molecule has 0 aliphatic carbocycles. The minimum atomic E-state index is -0.539. The highest BCUT2D eigenvalue weighted by Gasteiger charge is 2.32. The maximum atomic E-state index is 13.0. The molecule has 0 saturated carbocycles. The number of hydrogen-bond donors (Lipinski definition) is 0. The zero-order valence-electron chi connectivity index (χ0n) is 15.1. The molecule has 0 bridgehead atoms. The van der Waals surface area contributed by atoms with E-state index in [0.29, 0.717) is 17.9 Å². The summed E-state index contributed by atoms with van der Waals surface area (Å²) in [7, 11) is 0. The van der Waals surface area contributed by atoms with Crippen LogP contribution in [0.2, 0.25) is 0 Å². The van der Waals surface area contributed by atoms with Crippen LogP contribution in [0.25, 0.3) is 17.3 Å². The van der Waals surface area contributed by atoms with E-state index in [1.807, 2.05) is 25.1 Å². The number of aromatic nitrogens is 1. The Bertz CT molecular complexity index is 1000. The summed E-state index contributed by atoms with van der Waals surface area (Å²) in [6.45, 7) is 4.03. The fourth-order valence-corrected chi connectivity index (χ4v) is 2.93. The number of aryl methyl sites for hydroxylation is 1. The van der Waals surface area contributed by atoms with Gasteiger partial charge in [-0.3, -0.25) is 0 Å². The second-order valence-electron chi connectivity index (χ2n) is 6.94. The summed E-state index contributed by atoms with van der Waals surface area (Å²) >= 11 is 0. The third-order valence-corrected chi connectivity index (χ3v) is 4.54. The van der Waals surface area contributed by atoms with E-state index in [1.165, 1.54) is 17.7 Å². The van der Waals surface area contributed by atoms with Gasteiger partial charge in [-0.05, 0) is 55.8 Å². The molecule has 1 aliphatic heterocycles. The number of benzene rings is 2. The van der Waals surface area contributed by atoms with E-state index < -0.39 is 5.60 Å². The monoisotopic (exact) mass is 362 g/mol. The number of nitrogens with zero attached hydrogens (tertiary/aromatic N) is 2. The number of oxime groups is 1. The first kappa shape index (κ1) is 17.2.